The lowest BCUT2D eigenvalue weighted by atomic mass is 9.89. The number of hydrogen-bond donors (Lipinski definition) is 0. The highest BCUT2D eigenvalue weighted by Crippen LogP contribution is 2.32. The predicted octanol–water partition coefficient (Wildman–Crippen LogP) is 2.94. The first-order chi connectivity index (χ1) is 9.16. The number of ketones is 1. The number of benzene rings is 1. The number of hydrogen-bond acceptors (Lipinski definition) is 2. The first-order valence-electron chi connectivity index (χ1n) is 6.82. The molecule has 3 rings (SSSR count). The fourth-order valence-corrected chi connectivity index (χ4v) is 3.08. The Balaban J connectivity index is 1.86. The van der Waals surface area contributed by atoms with E-state index in [9.17, 15) is 14.0 Å². The zero-order valence-corrected chi connectivity index (χ0v) is 10.7. The number of nitrogens with zero attached hydrogens (tertiary/aromatic N) is 1. The summed E-state index contributed by atoms with van der Waals surface area (Å²) in [6.07, 6.45) is 5.85. The van der Waals surface area contributed by atoms with Crippen molar-refractivity contribution in [2.75, 3.05) is 11.4 Å². The molecular formula is C15H16FNO2. The first kappa shape index (κ1) is 12.3. The first-order valence-corrected chi connectivity index (χ1v) is 6.82. The van der Waals surface area contributed by atoms with Crippen LogP contribution >= 0.6 is 0 Å². The summed E-state index contributed by atoms with van der Waals surface area (Å²) in [6.45, 7) is 0.587. The molecule has 19 heavy (non-hydrogen) atoms. The zero-order chi connectivity index (χ0) is 13.4. The minimum absolute atomic E-state index is 0.209. The zero-order valence-electron chi connectivity index (χ0n) is 10.7. The molecule has 1 aliphatic heterocycles. The van der Waals surface area contributed by atoms with Crippen LogP contribution in [0.4, 0.5) is 10.1 Å². The molecule has 0 radical (unpaired) electrons. The van der Waals surface area contributed by atoms with E-state index in [2.05, 4.69) is 0 Å². The molecule has 4 heteroatoms. The van der Waals surface area contributed by atoms with Crippen LogP contribution in [-0.2, 0) is 4.79 Å². The number of amides is 1. The molecule has 0 aromatic heterocycles. The Morgan fingerprint density at radius 3 is 2.63 bits per heavy atom. The summed E-state index contributed by atoms with van der Waals surface area (Å²) in [7, 11) is 0. The SMILES string of the molecule is O=C1C(=O)N(CC2CCCCC2)c2ccc(F)cc21. The van der Waals surface area contributed by atoms with E-state index in [1.54, 1.807) is 0 Å². The van der Waals surface area contributed by atoms with E-state index in [0.29, 0.717) is 18.2 Å². The third-order valence-electron chi connectivity index (χ3n) is 4.10. The van der Waals surface area contributed by atoms with Crippen molar-refractivity contribution < 1.29 is 14.0 Å². The van der Waals surface area contributed by atoms with E-state index in [4.69, 9.17) is 0 Å². The quantitative estimate of drug-likeness (QED) is 0.768. The lowest BCUT2D eigenvalue weighted by molar-refractivity contribution is -0.114. The van der Waals surface area contributed by atoms with Crippen molar-refractivity contribution >= 4 is 17.4 Å². The molecule has 0 atom stereocenters. The fraction of sp³-hybridized carbons (Fsp3) is 0.467. The number of carbonyl (C=O) groups excluding carboxylic acids is 2. The maximum absolute atomic E-state index is 13.2. The molecule has 1 heterocycles. The summed E-state index contributed by atoms with van der Waals surface area (Å²) in [5.74, 6) is -1.10. The van der Waals surface area contributed by atoms with Crippen LogP contribution < -0.4 is 4.90 Å². The number of carbonyl (C=O) groups is 2. The molecule has 0 unspecified atom stereocenters. The van der Waals surface area contributed by atoms with Crippen molar-refractivity contribution in [3.8, 4) is 0 Å². The van der Waals surface area contributed by atoms with Gasteiger partial charge in [-0.2, -0.15) is 0 Å². The average molecular weight is 261 g/mol. The monoisotopic (exact) mass is 261 g/mol. The second kappa shape index (κ2) is 4.76. The molecule has 1 aromatic rings. The number of halogens is 1. The van der Waals surface area contributed by atoms with Gasteiger partial charge in [0.1, 0.15) is 5.82 Å². The van der Waals surface area contributed by atoms with E-state index in [1.165, 1.54) is 36.3 Å². The van der Waals surface area contributed by atoms with Crippen LogP contribution in [0.3, 0.4) is 0 Å². The topological polar surface area (TPSA) is 37.4 Å². The van der Waals surface area contributed by atoms with Crippen LogP contribution in [0.25, 0.3) is 0 Å². The summed E-state index contributed by atoms with van der Waals surface area (Å²) in [4.78, 5) is 25.4. The van der Waals surface area contributed by atoms with Gasteiger partial charge in [0.15, 0.2) is 0 Å². The Hall–Kier alpha value is -1.71. The van der Waals surface area contributed by atoms with Crippen LogP contribution in [0, 0.1) is 11.7 Å². The van der Waals surface area contributed by atoms with Gasteiger partial charge in [-0.3, -0.25) is 9.59 Å². The molecule has 1 amide bonds. The van der Waals surface area contributed by atoms with Gasteiger partial charge >= 0.3 is 0 Å². The van der Waals surface area contributed by atoms with Gasteiger partial charge in [0, 0.05) is 6.54 Å². The third kappa shape index (κ3) is 2.15. The van der Waals surface area contributed by atoms with Gasteiger partial charge in [-0.1, -0.05) is 19.3 Å². The van der Waals surface area contributed by atoms with Gasteiger partial charge in [0.05, 0.1) is 11.3 Å². The molecule has 1 saturated carbocycles. The second-order valence-corrected chi connectivity index (χ2v) is 5.41. The summed E-state index contributed by atoms with van der Waals surface area (Å²) in [6, 6.07) is 4.01. The van der Waals surface area contributed by atoms with E-state index >= 15 is 0 Å². The van der Waals surface area contributed by atoms with Crippen molar-refractivity contribution in [1.82, 2.24) is 0 Å². The maximum Gasteiger partial charge on any atom is 0.299 e. The van der Waals surface area contributed by atoms with Crippen LogP contribution in [0.2, 0.25) is 0 Å². The summed E-state index contributed by atoms with van der Waals surface area (Å²) >= 11 is 0. The fourth-order valence-electron chi connectivity index (χ4n) is 3.08. The highest BCUT2D eigenvalue weighted by Gasteiger charge is 2.37. The van der Waals surface area contributed by atoms with Gasteiger partial charge in [0.2, 0.25) is 0 Å². The Kier molecular flexibility index (Phi) is 3.09. The lowest BCUT2D eigenvalue weighted by Crippen LogP contribution is -2.35. The Morgan fingerprint density at radius 2 is 1.89 bits per heavy atom. The molecule has 2 aliphatic rings. The summed E-state index contributed by atoms with van der Waals surface area (Å²) < 4.78 is 13.2. The summed E-state index contributed by atoms with van der Waals surface area (Å²) in [5.41, 5.74) is 0.780. The van der Waals surface area contributed by atoms with Crippen LogP contribution in [-0.4, -0.2) is 18.2 Å². The normalized spacial score (nSPS) is 19.9. The molecule has 0 spiro atoms. The van der Waals surface area contributed by atoms with E-state index in [1.807, 2.05) is 0 Å². The lowest BCUT2D eigenvalue weighted by Gasteiger charge is -2.26. The standard InChI is InChI=1S/C15H16FNO2/c16-11-6-7-13-12(8-11)14(18)15(19)17(13)9-10-4-2-1-3-5-10/h6-8,10H,1-5,9H2. The molecule has 100 valence electrons. The largest absolute Gasteiger partial charge is 0.304 e. The molecule has 3 nitrogen and oxygen atoms in total. The molecule has 0 bridgehead atoms. The van der Waals surface area contributed by atoms with Gasteiger partial charge in [-0.25, -0.2) is 4.39 Å². The van der Waals surface area contributed by atoms with Crippen molar-refractivity contribution in [2.45, 2.75) is 32.1 Å². The van der Waals surface area contributed by atoms with Crippen molar-refractivity contribution in [1.29, 1.82) is 0 Å². The molecule has 0 N–H and O–H groups in total. The van der Waals surface area contributed by atoms with E-state index in [0.717, 1.165) is 18.9 Å². The smallest absolute Gasteiger partial charge is 0.299 e. The highest BCUT2D eigenvalue weighted by molar-refractivity contribution is 6.52. The minimum atomic E-state index is -0.578. The van der Waals surface area contributed by atoms with E-state index < -0.39 is 17.5 Å². The Bertz CT molecular complexity index is 535. The molecule has 1 fully saturated rings. The maximum atomic E-state index is 13.2. The molecular weight excluding hydrogens is 245 g/mol. The van der Waals surface area contributed by atoms with Crippen LogP contribution in [0.5, 0.6) is 0 Å². The number of anilines is 1. The van der Waals surface area contributed by atoms with Gasteiger partial charge in [-0.05, 0) is 37.0 Å². The number of rotatable bonds is 2. The average Bonchev–Trinajstić information content (AvgIpc) is 2.65. The van der Waals surface area contributed by atoms with Gasteiger partial charge in [0.25, 0.3) is 11.7 Å². The molecule has 0 saturated heterocycles. The number of Topliss-reactive ketones (excluding diaryl/α,β-unsaturated/α-hetero) is 1. The molecule has 1 aliphatic carbocycles. The van der Waals surface area contributed by atoms with Gasteiger partial charge in [-0.15, -0.1) is 0 Å². The van der Waals surface area contributed by atoms with Gasteiger partial charge < -0.3 is 4.90 Å². The second-order valence-electron chi connectivity index (χ2n) is 5.41. The van der Waals surface area contributed by atoms with Crippen molar-refractivity contribution in [2.24, 2.45) is 5.92 Å². The Morgan fingerprint density at radius 1 is 1.16 bits per heavy atom. The van der Waals surface area contributed by atoms with Crippen LogP contribution in [0.1, 0.15) is 42.5 Å². The summed E-state index contributed by atoms with van der Waals surface area (Å²) in [5, 5.41) is 0. The minimum Gasteiger partial charge on any atom is -0.304 e. The molecule has 1 aromatic carbocycles. The van der Waals surface area contributed by atoms with Crippen molar-refractivity contribution in [3.63, 3.8) is 0 Å². The Labute approximate surface area is 111 Å². The number of fused-ring (bicyclic) bond motifs is 1. The van der Waals surface area contributed by atoms with Crippen LogP contribution in [0.15, 0.2) is 18.2 Å². The third-order valence-corrected chi connectivity index (χ3v) is 4.10. The highest BCUT2D eigenvalue weighted by atomic mass is 19.1. The predicted molar refractivity (Wildman–Crippen MR) is 69.7 cm³/mol. The van der Waals surface area contributed by atoms with E-state index in [-0.39, 0.29) is 5.56 Å². The van der Waals surface area contributed by atoms with Crippen molar-refractivity contribution in [3.05, 3.63) is 29.6 Å².